The maximum atomic E-state index is 12.6. The molecule has 1 aromatic heterocycles. The maximum Gasteiger partial charge on any atom is 0.256 e. The van der Waals surface area contributed by atoms with Gasteiger partial charge in [-0.3, -0.25) is 9.59 Å². The number of anilines is 2. The average Bonchev–Trinajstić information content (AvgIpc) is 3.23. The van der Waals surface area contributed by atoms with Gasteiger partial charge >= 0.3 is 0 Å². The van der Waals surface area contributed by atoms with Crippen LogP contribution < -0.4 is 10.6 Å². The first-order valence-corrected chi connectivity index (χ1v) is 8.89. The van der Waals surface area contributed by atoms with Gasteiger partial charge in [-0.15, -0.1) is 0 Å². The van der Waals surface area contributed by atoms with E-state index in [9.17, 15) is 9.59 Å². The lowest BCUT2D eigenvalue weighted by Crippen LogP contribution is -2.27. The largest absolute Gasteiger partial charge is 0.368 e. The third kappa shape index (κ3) is 3.96. The van der Waals surface area contributed by atoms with Crippen LogP contribution in [0.25, 0.3) is 10.9 Å². The summed E-state index contributed by atoms with van der Waals surface area (Å²) in [7, 11) is 0. The molecular formula is C21H19N3O3. The molecule has 0 spiro atoms. The molecule has 6 heteroatoms. The van der Waals surface area contributed by atoms with Crippen molar-refractivity contribution in [2.45, 2.75) is 18.9 Å². The van der Waals surface area contributed by atoms with E-state index in [1.807, 2.05) is 30.3 Å². The molecule has 0 bridgehead atoms. The predicted octanol–water partition coefficient (Wildman–Crippen LogP) is 3.60. The molecule has 2 amide bonds. The molecular weight excluding hydrogens is 342 g/mol. The number of aromatic nitrogens is 1. The van der Waals surface area contributed by atoms with Crippen molar-refractivity contribution in [3.8, 4) is 0 Å². The third-order valence-electron chi connectivity index (χ3n) is 4.45. The number of benzene rings is 2. The molecule has 6 nitrogen and oxygen atoms in total. The second-order valence-corrected chi connectivity index (χ2v) is 6.42. The fraction of sp³-hybridized carbons (Fsp3) is 0.190. The molecule has 1 aliphatic rings. The van der Waals surface area contributed by atoms with Crippen molar-refractivity contribution < 1.29 is 14.3 Å². The van der Waals surface area contributed by atoms with Gasteiger partial charge in [0.1, 0.15) is 11.9 Å². The average molecular weight is 361 g/mol. The lowest BCUT2D eigenvalue weighted by atomic mass is 10.1. The van der Waals surface area contributed by atoms with Crippen LogP contribution in [0.15, 0.2) is 60.7 Å². The molecule has 3 aromatic rings. The fourth-order valence-electron chi connectivity index (χ4n) is 3.07. The molecule has 2 heterocycles. The smallest absolute Gasteiger partial charge is 0.256 e. The van der Waals surface area contributed by atoms with Gasteiger partial charge < -0.3 is 15.4 Å². The fourth-order valence-corrected chi connectivity index (χ4v) is 3.07. The van der Waals surface area contributed by atoms with Crippen LogP contribution in [0.5, 0.6) is 0 Å². The minimum absolute atomic E-state index is 0.179. The zero-order valence-corrected chi connectivity index (χ0v) is 14.6. The van der Waals surface area contributed by atoms with Gasteiger partial charge in [-0.25, -0.2) is 4.98 Å². The van der Waals surface area contributed by atoms with E-state index in [0.717, 1.165) is 23.7 Å². The van der Waals surface area contributed by atoms with Crippen molar-refractivity contribution in [1.29, 1.82) is 0 Å². The van der Waals surface area contributed by atoms with Crippen LogP contribution in [0, 0.1) is 0 Å². The molecule has 0 unspecified atom stereocenters. The minimum atomic E-state index is -0.413. The second-order valence-electron chi connectivity index (χ2n) is 6.42. The van der Waals surface area contributed by atoms with Crippen LogP contribution in [0.4, 0.5) is 11.5 Å². The van der Waals surface area contributed by atoms with Crippen molar-refractivity contribution in [1.82, 2.24) is 4.98 Å². The third-order valence-corrected chi connectivity index (χ3v) is 4.45. The number of pyridine rings is 1. The first kappa shape index (κ1) is 17.2. The second kappa shape index (κ2) is 7.55. The van der Waals surface area contributed by atoms with Gasteiger partial charge in [0.15, 0.2) is 0 Å². The molecule has 1 fully saturated rings. The van der Waals surface area contributed by atoms with Crippen molar-refractivity contribution >= 4 is 34.2 Å². The summed E-state index contributed by atoms with van der Waals surface area (Å²) >= 11 is 0. The van der Waals surface area contributed by atoms with E-state index >= 15 is 0 Å². The van der Waals surface area contributed by atoms with Crippen LogP contribution >= 0.6 is 0 Å². The molecule has 2 aromatic carbocycles. The van der Waals surface area contributed by atoms with Crippen molar-refractivity contribution in [3.63, 3.8) is 0 Å². The highest BCUT2D eigenvalue weighted by Gasteiger charge is 2.23. The number of fused-ring (bicyclic) bond motifs is 1. The Morgan fingerprint density at radius 1 is 1.00 bits per heavy atom. The molecule has 136 valence electrons. The highest BCUT2D eigenvalue weighted by molar-refractivity contribution is 6.05. The van der Waals surface area contributed by atoms with Gasteiger partial charge in [0.05, 0.1) is 5.52 Å². The number of para-hydroxylation sites is 1. The number of nitrogens with zero attached hydrogens (tertiary/aromatic N) is 1. The normalized spacial score (nSPS) is 16.2. The molecule has 2 N–H and O–H groups in total. The Morgan fingerprint density at radius 3 is 2.74 bits per heavy atom. The number of carbonyl (C=O) groups excluding carboxylic acids is 2. The van der Waals surface area contributed by atoms with Crippen LogP contribution in [0.2, 0.25) is 0 Å². The Balaban J connectivity index is 1.47. The van der Waals surface area contributed by atoms with Gasteiger partial charge in [-0.1, -0.05) is 24.3 Å². The first-order valence-electron chi connectivity index (χ1n) is 8.89. The topological polar surface area (TPSA) is 80.3 Å². The van der Waals surface area contributed by atoms with E-state index in [2.05, 4.69) is 15.6 Å². The first-order chi connectivity index (χ1) is 13.2. The van der Waals surface area contributed by atoms with Crippen LogP contribution in [0.1, 0.15) is 23.2 Å². The summed E-state index contributed by atoms with van der Waals surface area (Å²) in [4.78, 5) is 29.2. The highest BCUT2D eigenvalue weighted by Crippen LogP contribution is 2.18. The summed E-state index contributed by atoms with van der Waals surface area (Å²) in [5.41, 5.74) is 1.82. The Kier molecular flexibility index (Phi) is 4.80. The Hall–Kier alpha value is -3.25. The van der Waals surface area contributed by atoms with E-state index in [-0.39, 0.29) is 11.8 Å². The summed E-state index contributed by atoms with van der Waals surface area (Å²) in [6, 6.07) is 18.2. The summed E-state index contributed by atoms with van der Waals surface area (Å²) in [5.74, 6) is 0.0137. The quantitative estimate of drug-likeness (QED) is 0.744. The summed E-state index contributed by atoms with van der Waals surface area (Å²) < 4.78 is 5.38. The van der Waals surface area contributed by atoms with Gasteiger partial charge in [0.25, 0.3) is 11.8 Å². The molecule has 0 aliphatic carbocycles. The molecule has 1 aliphatic heterocycles. The predicted molar refractivity (Wildman–Crippen MR) is 104 cm³/mol. The Morgan fingerprint density at radius 2 is 1.89 bits per heavy atom. The molecule has 0 saturated carbocycles. The van der Waals surface area contributed by atoms with E-state index < -0.39 is 6.10 Å². The van der Waals surface area contributed by atoms with E-state index in [4.69, 9.17) is 4.74 Å². The SMILES string of the molecule is O=C(Nc1ccc2ccccc2n1)c1cccc(NC(=O)[C@H]2CCCO2)c1. The number of rotatable bonds is 4. The zero-order valence-electron chi connectivity index (χ0n) is 14.6. The number of carbonyl (C=O) groups is 2. The van der Waals surface area contributed by atoms with Crippen LogP contribution in [-0.2, 0) is 9.53 Å². The number of hydrogen-bond donors (Lipinski definition) is 2. The summed E-state index contributed by atoms with van der Waals surface area (Å²) in [5, 5.41) is 6.61. The number of hydrogen-bond acceptors (Lipinski definition) is 4. The van der Waals surface area contributed by atoms with Gasteiger partial charge in [-0.05, 0) is 49.2 Å². The van der Waals surface area contributed by atoms with E-state index in [1.165, 1.54) is 0 Å². The molecule has 4 rings (SSSR count). The maximum absolute atomic E-state index is 12.6. The lowest BCUT2D eigenvalue weighted by molar-refractivity contribution is -0.124. The minimum Gasteiger partial charge on any atom is -0.368 e. The van der Waals surface area contributed by atoms with Crippen molar-refractivity contribution in [3.05, 3.63) is 66.2 Å². The number of nitrogens with one attached hydrogen (secondary N) is 2. The van der Waals surface area contributed by atoms with Crippen molar-refractivity contribution in [2.75, 3.05) is 17.2 Å². The molecule has 27 heavy (non-hydrogen) atoms. The number of ether oxygens (including phenoxy) is 1. The van der Waals surface area contributed by atoms with Gasteiger partial charge in [-0.2, -0.15) is 0 Å². The standard InChI is InChI=1S/C21H19N3O3/c25-20(24-19-11-10-14-5-1-2-8-17(14)23-19)15-6-3-7-16(13-15)22-21(26)18-9-4-12-27-18/h1-3,5-8,10-11,13,18H,4,9,12H2,(H,22,26)(H,23,24,25)/t18-/m1/s1. The zero-order chi connectivity index (χ0) is 18.6. The molecule has 1 atom stereocenters. The van der Waals surface area contributed by atoms with E-state index in [0.29, 0.717) is 23.7 Å². The summed E-state index contributed by atoms with van der Waals surface area (Å²) in [6.45, 7) is 0.610. The Labute approximate surface area is 156 Å². The van der Waals surface area contributed by atoms with Crippen molar-refractivity contribution in [2.24, 2.45) is 0 Å². The highest BCUT2D eigenvalue weighted by atomic mass is 16.5. The van der Waals surface area contributed by atoms with Crippen LogP contribution in [-0.4, -0.2) is 29.5 Å². The van der Waals surface area contributed by atoms with Gasteiger partial charge in [0, 0.05) is 23.2 Å². The van der Waals surface area contributed by atoms with Crippen LogP contribution in [0.3, 0.4) is 0 Å². The lowest BCUT2D eigenvalue weighted by Gasteiger charge is -2.11. The number of amides is 2. The monoisotopic (exact) mass is 361 g/mol. The summed E-state index contributed by atoms with van der Waals surface area (Å²) in [6.07, 6.45) is 1.20. The molecule has 1 saturated heterocycles. The van der Waals surface area contributed by atoms with E-state index in [1.54, 1.807) is 30.3 Å². The van der Waals surface area contributed by atoms with Gasteiger partial charge in [0.2, 0.25) is 0 Å². The molecule has 0 radical (unpaired) electrons. The Bertz CT molecular complexity index is 997.